The van der Waals surface area contributed by atoms with Crippen LogP contribution in [0.4, 0.5) is 18.0 Å². The number of urea groups is 1. The topological polar surface area (TPSA) is 78.4 Å². The van der Waals surface area contributed by atoms with Crippen LogP contribution < -0.4 is 10.6 Å². The molecule has 0 heterocycles. The Morgan fingerprint density at radius 3 is 2.44 bits per heavy atom. The highest BCUT2D eigenvalue weighted by Gasteiger charge is 2.27. The van der Waals surface area contributed by atoms with E-state index >= 15 is 0 Å². The summed E-state index contributed by atoms with van der Waals surface area (Å²) < 4.78 is 35.0. The highest BCUT2D eigenvalue weighted by molar-refractivity contribution is 8.00. The van der Waals surface area contributed by atoms with Crippen LogP contribution in [0.3, 0.4) is 0 Å². The minimum Gasteiger partial charge on any atom is -0.480 e. The number of hydrogen-bond acceptors (Lipinski definition) is 3. The van der Waals surface area contributed by atoms with Crippen molar-refractivity contribution >= 4 is 23.8 Å². The minimum atomic E-state index is -4.33. The highest BCUT2D eigenvalue weighted by atomic mass is 32.2. The number of aliphatic carboxylic acids is 1. The van der Waals surface area contributed by atoms with Crippen LogP contribution in [0.25, 0.3) is 0 Å². The molecule has 0 aromatic rings. The van der Waals surface area contributed by atoms with Crippen molar-refractivity contribution < 1.29 is 27.9 Å². The summed E-state index contributed by atoms with van der Waals surface area (Å²) in [5.41, 5.74) is -4.33. The van der Waals surface area contributed by atoms with Gasteiger partial charge in [0.05, 0.1) is 0 Å². The molecule has 0 rings (SSSR count). The summed E-state index contributed by atoms with van der Waals surface area (Å²) in [4.78, 5) is 21.2. The summed E-state index contributed by atoms with van der Waals surface area (Å²) in [6.07, 6.45) is 0. The SMILES string of the molecule is CC(NC(=O)NCCSC(F)(F)F)C(=O)O. The number of thioether (sulfide) groups is 1. The molecule has 2 amide bonds. The lowest BCUT2D eigenvalue weighted by molar-refractivity contribution is -0.138. The number of nitrogens with one attached hydrogen (secondary N) is 2. The van der Waals surface area contributed by atoms with Crippen molar-refractivity contribution in [2.45, 2.75) is 18.5 Å². The molecule has 5 nitrogen and oxygen atoms in total. The van der Waals surface area contributed by atoms with Crippen molar-refractivity contribution in [3.8, 4) is 0 Å². The Labute approximate surface area is 93.8 Å². The number of alkyl halides is 3. The maximum absolute atomic E-state index is 11.7. The zero-order valence-corrected chi connectivity index (χ0v) is 9.11. The Kier molecular flexibility index (Phi) is 6.01. The first-order valence-electron chi connectivity index (χ1n) is 4.20. The maximum Gasteiger partial charge on any atom is 0.441 e. The third kappa shape index (κ3) is 8.21. The quantitative estimate of drug-likeness (QED) is 0.645. The van der Waals surface area contributed by atoms with Crippen LogP contribution in [-0.4, -0.2) is 41.0 Å². The zero-order valence-electron chi connectivity index (χ0n) is 8.30. The van der Waals surface area contributed by atoms with Crippen LogP contribution in [0, 0.1) is 0 Å². The van der Waals surface area contributed by atoms with Gasteiger partial charge in [0.2, 0.25) is 0 Å². The standard InChI is InChI=1S/C7H11F3N2O3S/c1-4(5(13)14)12-6(15)11-2-3-16-7(8,9)10/h4H,2-3H2,1H3,(H,13,14)(H2,11,12,15). The van der Waals surface area contributed by atoms with Crippen LogP contribution in [0.2, 0.25) is 0 Å². The fraction of sp³-hybridized carbons (Fsp3) is 0.714. The molecule has 0 bridgehead atoms. The van der Waals surface area contributed by atoms with Gasteiger partial charge in [-0.05, 0) is 18.7 Å². The van der Waals surface area contributed by atoms with Gasteiger partial charge in [-0.25, -0.2) is 4.79 Å². The van der Waals surface area contributed by atoms with Gasteiger partial charge in [0.15, 0.2) is 0 Å². The van der Waals surface area contributed by atoms with E-state index in [1.165, 1.54) is 6.92 Å². The van der Waals surface area contributed by atoms with E-state index in [9.17, 15) is 22.8 Å². The van der Waals surface area contributed by atoms with Gasteiger partial charge in [0.1, 0.15) is 6.04 Å². The third-order valence-electron chi connectivity index (χ3n) is 1.37. The van der Waals surface area contributed by atoms with E-state index in [4.69, 9.17) is 5.11 Å². The van der Waals surface area contributed by atoms with E-state index in [0.29, 0.717) is 0 Å². The Balaban J connectivity index is 3.63. The van der Waals surface area contributed by atoms with Crippen molar-refractivity contribution in [3.63, 3.8) is 0 Å². The minimum absolute atomic E-state index is 0.192. The average molecular weight is 260 g/mol. The van der Waals surface area contributed by atoms with Gasteiger partial charge in [0.25, 0.3) is 0 Å². The van der Waals surface area contributed by atoms with Crippen LogP contribution in [0.5, 0.6) is 0 Å². The molecule has 0 aliphatic heterocycles. The molecule has 1 atom stereocenters. The molecule has 16 heavy (non-hydrogen) atoms. The number of hydrogen-bond donors (Lipinski definition) is 3. The molecule has 0 saturated carbocycles. The van der Waals surface area contributed by atoms with Crippen molar-refractivity contribution in [2.75, 3.05) is 12.3 Å². The van der Waals surface area contributed by atoms with Crippen molar-refractivity contribution in [1.82, 2.24) is 10.6 Å². The van der Waals surface area contributed by atoms with E-state index in [-0.39, 0.29) is 24.1 Å². The van der Waals surface area contributed by atoms with Gasteiger partial charge in [-0.3, -0.25) is 4.79 Å². The van der Waals surface area contributed by atoms with Crippen LogP contribution in [-0.2, 0) is 4.79 Å². The molecule has 0 fully saturated rings. The van der Waals surface area contributed by atoms with Crippen LogP contribution in [0.15, 0.2) is 0 Å². The normalized spacial score (nSPS) is 13.0. The molecule has 0 saturated heterocycles. The lowest BCUT2D eigenvalue weighted by Gasteiger charge is -2.10. The fourth-order valence-corrected chi connectivity index (χ4v) is 1.08. The number of carbonyl (C=O) groups is 2. The van der Waals surface area contributed by atoms with Gasteiger partial charge in [0, 0.05) is 12.3 Å². The van der Waals surface area contributed by atoms with Crippen molar-refractivity contribution in [3.05, 3.63) is 0 Å². The Hall–Kier alpha value is -1.12. The highest BCUT2D eigenvalue weighted by Crippen LogP contribution is 2.29. The molecule has 3 N–H and O–H groups in total. The number of carbonyl (C=O) groups excluding carboxylic acids is 1. The number of carboxylic acid groups (broad SMARTS) is 1. The Morgan fingerprint density at radius 1 is 1.44 bits per heavy atom. The molecular weight excluding hydrogens is 249 g/mol. The van der Waals surface area contributed by atoms with E-state index in [0.717, 1.165) is 0 Å². The van der Waals surface area contributed by atoms with Crippen LogP contribution >= 0.6 is 11.8 Å². The van der Waals surface area contributed by atoms with Gasteiger partial charge >= 0.3 is 17.5 Å². The Morgan fingerprint density at radius 2 is 2.00 bits per heavy atom. The summed E-state index contributed by atoms with van der Waals surface area (Å²) >= 11 is -0.258. The summed E-state index contributed by atoms with van der Waals surface area (Å²) in [6, 6.07) is -1.90. The van der Waals surface area contributed by atoms with E-state index in [1.807, 2.05) is 5.32 Å². The second-order valence-corrected chi connectivity index (χ2v) is 3.91. The molecule has 94 valence electrons. The van der Waals surface area contributed by atoms with Crippen molar-refractivity contribution in [1.29, 1.82) is 0 Å². The monoisotopic (exact) mass is 260 g/mol. The van der Waals surface area contributed by atoms with Gasteiger partial charge in [-0.2, -0.15) is 13.2 Å². The van der Waals surface area contributed by atoms with Crippen LogP contribution in [0.1, 0.15) is 6.92 Å². The number of carboxylic acids is 1. The molecule has 0 aliphatic rings. The first kappa shape index (κ1) is 14.9. The molecular formula is C7H11F3N2O3S. The molecule has 0 radical (unpaired) electrons. The second-order valence-electron chi connectivity index (χ2n) is 2.75. The van der Waals surface area contributed by atoms with E-state index < -0.39 is 23.6 Å². The lowest BCUT2D eigenvalue weighted by Crippen LogP contribution is -2.45. The summed E-state index contributed by atoms with van der Waals surface area (Å²) in [5.74, 6) is -1.54. The molecule has 0 spiro atoms. The fourth-order valence-electron chi connectivity index (χ4n) is 0.641. The molecule has 0 aromatic heterocycles. The first-order valence-corrected chi connectivity index (χ1v) is 5.19. The average Bonchev–Trinajstić information content (AvgIpc) is 2.10. The first-order chi connectivity index (χ1) is 7.22. The number of halogens is 3. The smallest absolute Gasteiger partial charge is 0.441 e. The van der Waals surface area contributed by atoms with E-state index in [2.05, 4.69) is 5.32 Å². The van der Waals surface area contributed by atoms with E-state index in [1.54, 1.807) is 0 Å². The van der Waals surface area contributed by atoms with Gasteiger partial charge in [-0.15, -0.1) is 0 Å². The largest absolute Gasteiger partial charge is 0.480 e. The molecule has 1 unspecified atom stereocenters. The van der Waals surface area contributed by atoms with Gasteiger partial charge < -0.3 is 15.7 Å². The lowest BCUT2D eigenvalue weighted by atomic mass is 10.3. The number of rotatable bonds is 5. The van der Waals surface area contributed by atoms with Crippen molar-refractivity contribution in [2.24, 2.45) is 0 Å². The second kappa shape index (κ2) is 6.46. The number of amides is 2. The predicted octanol–water partition coefficient (Wildman–Crippen LogP) is 1.01. The molecule has 0 aromatic carbocycles. The predicted molar refractivity (Wildman–Crippen MR) is 52.1 cm³/mol. The molecule has 0 aliphatic carbocycles. The van der Waals surface area contributed by atoms with Gasteiger partial charge in [-0.1, -0.05) is 0 Å². The summed E-state index contributed by atoms with van der Waals surface area (Å²) in [5, 5.41) is 12.6. The zero-order chi connectivity index (χ0) is 12.8. The Bertz CT molecular complexity index is 260. The molecule has 9 heteroatoms. The third-order valence-corrected chi connectivity index (χ3v) is 2.11. The summed E-state index contributed by atoms with van der Waals surface area (Å²) in [7, 11) is 0. The maximum atomic E-state index is 11.7. The summed E-state index contributed by atoms with van der Waals surface area (Å²) in [6.45, 7) is 1.05.